The van der Waals surface area contributed by atoms with Gasteiger partial charge in [-0.25, -0.2) is 0 Å². The zero-order chi connectivity index (χ0) is 24.5. The molecule has 2 aliphatic heterocycles. The largest absolute Gasteiger partial charge is 0.508 e. The monoisotopic (exact) mass is 464 g/mol. The van der Waals surface area contributed by atoms with E-state index in [1.807, 2.05) is 26.0 Å². The van der Waals surface area contributed by atoms with Crippen molar-refractivity contribution in [3.05, 3.63) is 59.7 Å². The summed E-state index contributed by atoms with van der Waals surface area (Å²) < 4.78 is 0. The number of rotatable bonds is 3. The van der Waals surface area contributed by atoms with Gasteiger partial charge in [0.05, 0.1) is 0 Å². The molecule has 1 fully saturated rings. The summed E-state index contributed by atoms with van der Waals surface area (Å²) in [5.74, 6) is 2.23. The maximum absolute atomic E-state index is 9.95. The van der Waals surface area contributed by atoms with Crippen molar-refractivity contribution in [1.29, 1.82) is 0 Å². The molecular formula is C26H36N6O2. The van der Waals surface area contributed by atoms with Gasteiger partial charge in [0, 0.05) is 51.9 Å². The van der Waals surface area contributed by atoms with Crippen LogP contribution in [0.25, 0.3) is 11.4 Å². The van der Waals surface area contributed by atoms with Crippen molar-refractivity contribution in [1.82, 2.24) is 19.9 Å². The topological polar surface area (TPSA) is 88.9 Å². The Morgan fingerprint density at radius 2 is 1.38 bits per heavy atom. The number of aromatic nitrogens is 3. The first-order valence-electron chi connectivity index (χ1n) is 11.9. The highest BCUT2D eigenvalue weighted by molar-refractivity contribution is 5.61. The first kappa shape index (κ1) is 25.4. The van der Waals surface area contributed by atoms with Crippen molar-refractivity contribution in [2.24, 2.45) is 0 Å². The number of phenolic OH excluding ortho intramolecular Hbond substituents is 1. The lowest BCUT2D eigenvalue weighted by atomic mass is 10.0. The van der Waals surface area contributed by atoms with Crippen molar-refractivity contribution >= 4 is 11.9 Å². The van der Waals surface area contributed by atoms with Gasteiger partial charge in [-0.2, -0.15) is 15.0 Å². The second-order valence-corrected chi connectivity index (χ2v) is 8.04. The molecule has 3 heterocycles. The number of hydrogen-bond donors (Lipinski definition) is 2. The van der Waals surface area contributed by atoms with Crippen LogP contribution in [0.3, 0.4) is 0 Å². The fraction of sp³-hybridized carbons (Fsp3) is 0.423. The van der Waals surface area contributed by atoms with E-state index in [-0.39, 0.29) is 5.75 Å². The summed E-state index contributed by atoms with van der Waals surface area (Å²) in [4.78, 5) is 21.2. The average molecular weight is 465 g/mol. The maximum atomic E-state index is 9.95. The molecule has 1 aromatic heterocycles. The summed E-state index contributed by atoms with van der Waals surface area (Å²) in [5, 5.41) is 17.0. The van der Waals surface area contributed by atoms with Gasteiger partial charge in [0.1, 0.15) is 5.75 Å². The van der Waals surface area contributed by atoms with Crippen molar-refractivity contribution in [3.63, 3.8) is 0 Å². The molecule has 0 aliphatic carbocycles. The predicted molar refractivity (Wildman–Crippen MR) is 137 cm³/mol. The van der Waals surface area contributed by atoms with Gasteiger partial charge in [-0.3, -0.25) is 0 Å². The van der Waals surface area contributed by atoms with Gasteiger partial charge >= 0.3 is 0 Å². The molecule has 182 valence electrons. The van der Waals surface area contributed by atoms with Crippen LogP contribution in [0.4, 0.5) is 11.9 Å². The molecule has 0 atom stereocenters. The minimum absolute atomic E-state index is 0.211. The van der Waals surface area contributed by atoms with Gasteiger partial charge in [-0.05, 0) is 36.7 Å². The third-order valence-electron chi connectivity index (χ3n) is 5.92. The van der Waals surface area contributed by atoms with Crippen LogP contribution in [-0.4, -0.2) is 76.9 Å². The van der Waals surface area contributed by atoms with E-state index in [4.69, 9.17) is 20.1 Å². The van der Waals surface area contributed by atoms with Crippen LogP contribution in [0.5, 0.6) is 5.75 Å². The minimum Gasteiger partial charge on any atom is -0.508 e. The molecule has 0 spiro atoms. The highest BCUT2D eigenvalue weighted by Crippen LogP contribution is 2.27. The number of hydrogen-bond acceptors (Lipinski definition) is 8. The summed E-state index contributed by atoms with van der Waals surface area (Å²) in [6.45, 7) is 9.42. The van der Waals surface area contributed by atoms with Crippen molar-refractivity contribution < 1.29 is 10.2 Å². The standard InChI is InChI=1S/C23H26N6O.C2H6.CH4O/c1-27-11-13-28(14-12-27)22-24-21(18-7-4-8-20(30)15-18)25-23(26-22)29-10-9-17-5-2-3-6-19(17)16-29;2*1-2/h2-8,15,30H,9-14,16H2,1H3;1-2H3;2H,1H3. The molecule has 0 amide bonds. The lowest BCUT2D eigenvalue weighted by molar-refractivity contribution is 0.311. The summed E-state index contributed by atoms with van der Waals surface area (Å²) in [6, 6.07) is 15.7. The quantitative estimate of drug-likeness (QED) is 0.611. The molecule has 2 aliphatic rings. The molecule has 0 radical (unpaired) electrons. The number of anilines is 2. The molecule has 0 unspecified atom stereocenters. The predicted octanol–water partition coefficient (Wildman–Crippen LogP) is 3.19. The van der Waals surface area contributed by atoms with Gasteiger partial charge in [-0.1, -0.05) is 50.2 Å². The molecule has 34 heavy (non-hydrogen) atoms. The molecule has 0 bridgehead atoms. The number of phenols is 1. The Bertz CT molecular complexity index is 1050. The zero-order valence-electron chi connectivity index (χ0n) is 20.6. The number of benzene rings is 2. The van der Waals surface area contributed by atoms with E-state index < -0.39 is 0 Å². The smallest absolute Gasteiger partial charge is 0.231 e. The van der Waals surface area contributed by atoms with E-state index in [2.05, 4.69) is 46.0 Å². The number of piperazine rings is 1. The first-order valence-corrected chi connectivity index (χ1v) is 11.9. The zero-order valence-corrected chi connectivity index (χ0v) is 20.6. The van der Waals surface area contributed by atoms with Crippen molar-refractivity contribution in [2.45, 2.75) is 26.8 Å². The molecule has 1 saturated heterocycles. The molecule has 2 N–H and O–H groups in total. The number of fused-ring (bicyclic) bond motifs is 1. The van der Waals surface area contributed by atoms with E-state index in [1.165, 1.54) is 11.1 Å². The van der Waals surface area contributed by atoms with Crippen molar-refractivity contribution in [3.8, 4) is 17.1 Å². The van der Waals surface area contributed by atoms with Gasteiger partial charge in [0.25, 0.3) is 0 Å². The Morgan fingerprint density at radius 1 is 0.735 bits per heavy atom. The van der Waals surface area contributed by atoms with E-state index >= 15 is 0 Å². The van der Waals surface area contributed by atoms with Crippen LogP contribution in [0, 0.1) is 0 Å². The summed E-state index contributed by atoms with van der Waals surface area (Å²) >= 11 is 0. The SMILES string of the molecule is CC.CN1CCN(c2nc(-c3cccc(O)c3)nc(N3CCc4ccccc4C3)n2)CC1.CO. The summed E-state index contributed by atoms with van der Waals surface area (Å²) in [5.41, 5.74) is 3.52. The second kappa shape index (κ2) is 12.3. The van der Waals surface area contributed by atoms with Crippen LogP contribution in [-0.2, 0) is 13.0 Å². The Kier molecular flexibility index (Phi) is 9.18. The number of aromatic hydroxyl groups is 1. The van der Waals surface area contributed by atoms with Crippen LogP contribution >= 0.6 is 0 Å². The second-order valence-electron chi connectivity index (χ2n) is 8.04. The number of aliphatic hydroxyl groups excluding tert-OH is 1. The van der Waals surface area contributed by atoms with E-state index in [1.54, 1.807) is 12.1 Å². The highest BCUT2D eigenvalue weighted by Gasteiger charge is 2.23. The highest BCUT2D eigenvalue weighted by atomic mass is 16.3. The Morgan fingerprint density at radius 3 is 2.06 bits per heavy atom. The molecule has 2 aromatic carbocycles. The summed E-state index contributed by atoms with van der Waals surface area (Å²) in [7, 11) is 3.14. The van der Waals surface area contributed by atoms with E-state index in [0.717, 1.165) is 58.4 Å². The molecule has 3 aromatic rings. The molecule has 0 saturated carbocycles. The normalized spacial score (nSPS) is 15.4. The summed E-state index contributed by atoms with van der Waals surface area (Å²) in [6.07, 6.45) is 0.979. The number of likely N-dealkylation sites (N-methyl/N-ethyl adjacent to an activating group) is 1. The Hall–Kier alpha value is -3.23. The van der Waals surface area contributed by atoms with Crippen LogP contribution in [0.1, 0.15) is 25.0 Å². The molecule has 5 rings (SSSR count). The van der Waals surface area contributed by atoms with E-state index in [0.29, 0.717) is 17.7 Å². The van der Waals surface area contributed by atoms with Gasteiger partial charge in [-0.15, -0.1) is 0 Å². The van der Waals surface area contributed by atoms with Crippen LogP contribution in [0.2, 0.25) is 0 Å². The fourth-order valence-electron chi connectivity index (χ4n) is 4.08. The van der Waals surface area contributed by atoms with Gasteiger partial charge < -0.3 is 24.9 Å². The number of aliphatic hydroxyl groups is 1. The maximum Gasteiger partial charge on any atom is 0.231 e. The molecule has 8 nitrogen and oxygen atoms in total. The lowest BCUT2D eigenvalue weighted by Crippen LogP contribution is -2.45. The third-order valence-corrected chi connectivity index (χ3v) is 5.92. The van der Waals surface area contributed by atoms with Crippen LogP contribution in [0.15, 0.2) is 48.5 Å². The fourth-order valence-corrected chi connectivity index (χ4v) is 4.08. The Labute approximate surface area is 202 Å². The number of nitrogens with zero attached hydrogens (tertiary/aromatic N) is 6. The average Bonchev–Trinajstić information content (AvgIpc) is 2.91. The minimum atomic E-state index is 0.211. The molecule has 8 heteroatoms. The van der Waals surface area contributed by atoms with Crippen molar-refractivity contribution in [2.75, 3.05) is 56.7 Å². The lowest BCUT2D eigenvalue weighted by Gasteiger charge is -2.33. The van der Waals surface area contributed by atoms with Gasteiger partial charge in [0.15, 0.2) is 5.82 Å². The Balaban J connectivity index is 0.000000771. The first-order chi connectivity index (χ1) is 16.7. The third kappa shape index (κ3) is 6.01. The van der Waals surface area contributed by atoms with Crippen LogP contribution < -0.4 is 9.80 Å². The molecular weight excluding hydrogens is 428 g/mol. The van der Waals surface area contributed by atoms with E-state index in [9.17, 15) is 5.11 Å². The van der Waals surface area contributed by atoms with Gasteiger partial charge in [0.2, 0.25) is 11.9 Å².